The van der Waals surface area contributed by atoms with Gasteiger partial charge in [-0.3, -0.25) is 9.78 Å². The fraction of sp³-hybridized carbons (Fsp3) is 0.667. The third kappa shape index (κ3) is 2.89. The maximum atomic E-state index is 11.5. The molecule has 0 unspecified atom stereocenters. The molecule has 17 heavy (non-hydrogen) atoms. The Kier molecular flexibility index (Phi) is 3.86. The molecule has 1 aromatic rings. The fourth-order valence-corrected chi connectivity index (χ4v) is 2.51. The highest BCUT2D eigenvalue weighted by Gasteiger charge is 2.22. The van der Waals surface area contributed by atoms with Crippen LogP contribution < -0.4 is 10.5 Å². The summed E-state index contributed by atoms with van der Waals surface area (Å²) < 4.78 is 0.485. The Morgan fingerprint density at radius 3 is 2.65 bits per heavy atom. The van der Waals surface area contributed by atoms with Crippen LogP contribution in [0.25, 0.3) is 0 Å². The molecule has 94 valence electrons. The van der Waals surface area contributed by atoms with Gasteiger partial charge in [-0.2, -0.15) is 0 Å². The van der Waals surface area contributed by atoms with Crippen molar-refractivity contribution in [3.63, 3.8) is 0 Å². The second-order valence-electron chi connectivity index (χ2n) is 4.95. The Morgan fingerprint density at radius 2 is 2.12 bits per heavy atom. The largest absolute Gasteiger partial charge is 0.342 e. The first-order valence-corrected chi connectivity index (χ1v) is 6.87. The third-order valence-corrected chi connectivity index (χ3v) is 4.09. The average Bonchev–Trinajstić information content (AvgIpc) is 2.33. The number of nitrogens with zero attached hydrogens (tertiary/aromatic N) is 2. The van der Waals surface area contributed by atoms with E-state index >= 15 is 0 Å². The zero-order valence-corrected chi connectivity index (χ0v) is 11.8. The molecule has 1 aliphatic rings. The van der Waals surface area contributed by atoms with E-state index in [1.165, 1.54) is 12.8 Å². The third-order valence-electron chi connectivity index (χ3n) is 3.52. The predicted octanol–water partition coefficient (Wildman–Crippen LogP) is 2.40. The Morgan fingerprint density at radius 1 is 1.47 bits per heavy atom. The topological polar surface area (TPSA) is 49.0 Å². The number of aromatic amines is 1. The molecule has 2 rings (SSSR count). The van der Waals surface area contributed by atoms with Crippen molar-refractivity contribution < 1.29 is 0 Å². The SMILES string of the molecule is CC(C)C1CCN(c2ncc(Br)c(=O)[nH]2)CC1. The van der Waals surface area contributed by atoms with Crippen molar-refractivity contribution in [1.29, 1.82) is 0 Å². The Bertz CT molecular complexity index is 436. The van der Waals surface area contributed by atoms with Crippen LogP contribution in [0.1, 0.15) is 26.7 Å². The van der Waals surface area contributed by atoms with Gasteiger partial charge in [-0.15, -0.1) is 0 Å². The molecule has 0 spiro atoms. The molecule has 1 aliphatic heterocycles. The van der Waals surface area contributed by atoms with Gasteiger partial charge >= 0.3 is 0 Å². The quantitative estimate of drug-likeness (QED) is 0.912. The van der Waals surface area contributed by atoms with E-state index in [0.717, 1.165) is 24.9 Å². The molecule has 4 nitrogen and oxygen atoms in total. The van der Waals surface area contributed by atoms with Crippen LogP contribution in [0.2, 0.25) is 0 Å². The molecule has 1 fully saturated rings. The summed E-state index contributed by atoms with van der Waals surface area (Å²) in [7, 11) is 0. The normalized spacial score (nSPS) is 17.8. The summed E-state index contributed by atoms with van der Waals surface area (Å²) in [5, 5.41) is 0. The number of H-pyrrole nitrogens is 1. The first-order chi connectivity index (χ1) is 8.08. The molecule has 5 heteroatoms. The van der Waals surface area contributed by atoms with Gasteiger partial charge in [0.05, 0.1) is 6.20 Å². The van der Waals surface area contributed by atoms with Crippen molar-refractivity contribution in [3.05, 3.63) is 21.0 Å². The molecule has 1 aromatic heterocycles. The molecule has 0 aliphatic carbocycles. The molecular weight excluding hydrogens is 282 g/mol. The summed E-state index contributed by atoms with van der Waals surface area (Å²) in [5.74, 6) is 2.24. The first kappa shape index (κ1) is 12.6. The summed E-state index contributed by atoms with van der Waals surface area (Å²) >= 11 is 3.16. The highest BCUT2D eigenvalue weighted by atomic mass is 79.9. The molecule has 0 aromatic carbocycles. The van der Waals surface area contributed by atoms with Gasteiger partial charge in [0.15, 0.2) is 0 Å². The lowest BCUT2D eigenvalue weighted by Gasteiger charge is -2.34. The van der Waals surface area contributed by atoms with E-state index in [1.807, 2.05) is 0 Å². The second-order valence-corrected chi connectivity index (χ2v) is 5.81. The number of anilines is 1. The Balaban J connectivity index is 2.05. The summed E-state index contributed by atoms with van der Waals surface area (Å²) in [4.78, 5) is 20.7. The van der Waals surface area contributed by atoms with E-state index in [9.17, 15) is 4.79 Å². The minimum absolute atomic E-state index is 0.110. The number of hydrogen-bond acceptors (Lipinski definition) is 3. The maximum absolute atomic E-state index is 11.5. The van der Waals surface area contributed by atoms with Crippen LogP contribution in [0.4, 0.5) is 5.95 Å². The molecule has 0 saturated carbocycles. The molecule has 2 heterocycles. The van der Waals surface area contributed by atoms with Crippen LogP contribution >= 0.6 is 15.9 Å². The van der Waals surface area contributed by atoms with Crippen molar-refractivity contribution in [2.45, 2.75) is 26.7 Å². The smallest absolute Gasteiger partial charge is 0.266 e. The van der Waals surface area contributed by atoms with Gasteiger partial charge in [-0.25, -0.2) is 4.98 Å². The van der Waals surface area contributed by atoms with Gasteiger partial charge in [0.2, 0.25) is 5.95 Å². The van der Waals surface area contributed by atoms with Crippen molar-refractivity contribution >= 4 is 21.9 Å². The van der Waals surface area contributed by atoms with E-state index in [-0.39, 0.29) is 5.56 Å². The van der Waals surface area contributed by atoms with E-state index in [2.05, 4.69) is 44.6 Å². The molecule has 0 atom stereocenters. The zero-order chi connectivity index (χ0) is 12.4. The number of halogens is 1. The van der Waals surface area contributed by atoms with Crippen LogP contribution in [-0.2, 0) is 0 Å². The number of hydrogen-bond donors (Lipinski definition) is 1. The van der Waals surface area contributed by atoms with Gasteiger partial charge in [0.1, 0.15) is 4.47 Å². The van der Waals surface area contributed by atoms with Gasteiger partial charge in [0.25, 0.3) is 5.56 Å². The molecular formula is C12H18BrN3O. The molecule has 0 amide bonds. The minimum Gasteiger partial charge on any atom is -0.342 e. The Hall–Kier alpha value is -0.840. The first-order valence-electron chi connectivity index (χ1n) is 6.07. The van der Waals surface area contributed by atoms with Crippen LogP contribution in [-0.4, -0.2) is 23.1 Å². The van der Waals surface area contributed by atoms with Gasteiger partial charge in [-0.05, 0) is 40.6 Å². The van der Waals surface area contributed by atoms with Gasteiger partial charge in [0, 0.05) is 13.1 Å². The standard InChI is InChI=1S/C12H18BrN3O/c1-8(2)9-3-5-16(6-4-9)12-14-7-10(13)11(17)15-12/h7-9H,3-6H2,1-2H3,(H,14,15,17). The number of rotatable bonds is 2. The lowest BCUT2D eigenvalue weighted by atomic mass is 9.87. The van der Waals surface area contributed by atoms with Crippen molar-refractivity contribution in [1.82, 2.24) is 9.97 Å². The summed E-state index contributed by atoms with van der Waals surface area (Å²) in [6.45, 7) is 6.51. The van der Waals surface area contributed by atoms with Crippen LogP contribution in [0, 0.1) is 11.8 Å². The summed E-state index contributed by atoms with van der Waals surface area (Å²) in [6, 6.07) is 0. The maximum Gasteiger partial charge on any atom is 0.266 e. The monoisotopic (exact) mass is 299 g/mol. The fourth-order valence-electron chi connectivity index (χ4n) is 2.31. The average molecular weight is 300 g/mol. The van der Waals surface area contributed by atoms with Crippen molar-refractivity contribution in [3.8, 4) is 0 Å². The van der Waals surface area contributed by atoms with Crippen LogP contribution in [0.15, 0.2) is 15.5 Å². The second kappa shape index (κ2) is 5.21. The lowest BCUT2D eigenvalue weighted by molar-refractivity contribution is 0.310. The van der Waals surface area contributed by atoms with Crippen molar-refractivity contribution in [2.24, 2.45) is 11.8 Å². The highest BCUT2D eigenvalue weighted by molar-refractivity contribution is 9.10. The number of piperidine rings is 1. The lowest BCUT2D eigenvalue weighted by Crippen LogP contribution is -2.37. The van der Waals surface area contributed by atoms with Crippen LogP contribution in [0.5, 0.6) is 0 Å². The predicted molar refractivity (Wildman–Crippen MR) is 72.3 cm³/mol. The number of nitrogens with one attached hydrogen (secondary N) is 1. The van der Waals surface area contributed by atoms with E-state index < -0.39 is 0 Å². The van der Waals surface area contributed by atoms with Crippen LogP contribution in [0.3, 0.4) is 0 Å². The Labute approximate surface area is 110 Å². The highest BCUT2D eigenvalue weighted by Crippen LogP contribution is 2.25. The zero-order valence-electron chi connectivity index (χ0n) is 10.2. The van der Waals surface area contributed by atoms with E-state index in [4.69, 9.17) is 0 Å². The summed E-state index contributed by atoms with van der Waals surface area (Å²) in [5.41, 5.74) is -0.110. The van der Waals surface area contributed by atoms with E-state index in [1.54, 1.807) is 6.20 Å². The molecule has 1 N–H and O–H groups in total. The van der Waals surface area contributed by atoms with Gasteiger partial charge in [-0.1, -0.05) is 13.8 Å². The minimum atomic E-state index is -0.110. The number of aromatic nitrogens is 2. The van der Waals surface area contributed by atoms with Crippen molar-refractivity contribution in [2.75, 3.05) is 18.0 Å². The molecule has 1 saturated heterocycles. The summed E-state index contributed by atoms with van der Waals surface area (Å²) in [6.07, 6.45) is 3.93. The molecule has 0 radical (unpaired) electrons. The van der Waals surface area contributed by atoms with E-state index in [0.29, 0.717) is 10.4 Å². The molecule has 0 bridgehead atoms. The van der Waals surface area contributed by atoms with Gasteiger partial charge < -0.3 is 4.90 Å².